The van der Waals surface area contributed by atoms with E-state index < -0.39 is 0 Å². The third kappa shape index (κ3) is 4.28. The molecule has 5 heteroatoms. The summed E-state index contributed by atoms with van der Waals surface area (Å²) < 4.78 is 0.915. The molecule has 0 fully saturated rings. The molecule has 0 aliphatic heterocycles. The highest BCUT2D eigenvalue weighted by molar-refractivity contribution is 14.1. The van der Waals surface area contributed by atoms with Crippen LogP contribution in [0.25, 0.3) is 0 Å². The monoisotopic (exact) mass is 399 g/mol. The Labute approximate surface area is 132 Å². The molecule has 0 bridgehead atoms. The molecule has 1 rings (SSSR count). The first kappa shape index (κ1) is 16.1. The van der Waals surface area contributed by atoms with Gasteiger partial charge in [-0.1, -0.05) is 11.6 Å². The van der Waals surface area contributed by atoms with E-state index >= 15 is 0 Å². The minimum Gasteiger partial charge on any atom is -0.336 e. The first-order valence-electron chi connectivity index (χ1n) is 5.79. The average Bonchev–Trinajstić information content (AvgIpc) is 2.32. The molecule has 0 aliphatic rings. The Morgan fingerprint density at radius 1 is 1.44 bits per heavy atom. The van der Waals surface area contributed by atoms with Gasteiger partial charge in [-0.15, -0.1) is 11.6 Å². The van der Waals surface area contributed by atoms with Crippen LogP contribution in [0.2, 0.25) is 5.02 Å². The number of amides is 1. The van der Waals surface area contributed by atoms with Gasteiger partial charge in [-0.3, -0.25) is 4.79 Å². The highest BCUT2D eigenvalue weighted by Gasteiger charge is 2.20. The quantitative estimate of drug-likeness (QED) is 0.530. The van der Waals surface area contributed by atoms with Crippen LogP contribution in [0, 0.1) is 3.57 Å². The number of hydrogen-bond donors (Lipinski definition) is 0. The number of alkyl halides is 1. The molecular formula is C13H16Cl2INO. The highest BCUT2D eigenvalue weighted by Crippen LogP contribution is 2.20. The van der Waals surface area contributed by atoms with Crippen LogP contribution in [0.5, 0.6) is 0 Å². The third-order valence-electron chi connectivity index (χ3n) is 2.58. The van der Waals surface area contributed by atoms with Gasteiger partial charge in [0.25, 0.3) is 5.91 Å². The van der Waals surface area contributed by atoms with Gasteiger partial charge in [0, 0.05) is 27.1 Å². The summed E-state index contributed by atoms with van der Waals surface area (Å²) in [6.07, 6.45) is 0.794. The predicted octanol–water partition coefficient (Wildman–Crippen LogP) is 4.42. The lowest BCUT2D eigenvalue weighted by Gasteiger charge is -2.27. The number of halogens is 3. The summed E-state index contributed by atoms with van der Waals surface area (Å²) in [6, 6.07) is 5.52. The van der Waals surface area contributed by atoms with E-state index in [1.165, 1.54) is 0 Å². The second-order valence-corrected chi connectivity index (χ2v) is 6.24. The average molecular weight is 400 g/mol. The molecule has 1 amide bonds. The first-order valence-corrected chi connectivity index (χ1v) is 7.78. The molecule has 100 valence electrons. The standard InChI is InChI=1S/C13H16Cl2INO/c1-9(2)17(7-3-6-14)13(18)11-8-10(15)4-5-12(11)16/h4-5,8-9H,3,6-7H2,1-2H3. The smallest absolute Gasteiger partial charge is 0.255 e. The van der Waals surface area contributed by atoms with Crippen molar-refractivity contribution < 1.29 is 4.79 Å². The molecule has 0 atom stereocenters. The van der Waals surface area contributed by atoms with Crippen LogP contribution in [-0.2, 0) is 0 Å². The van der Waals surface area contributed by atoms with Crippen LogP contribution >= 0.6 is 45.8 Å². The summed E-state index contributed by atoms with van der Waals surface area (Å²) >= 11 is 13.8. The molecular weight excluding hydrogens is 384 g/mol. The van der Waals surface area contributed by atoms with Crippen molar-refractivity contribution in [3.05, 3.63) is 32.4 Å². The maximum Gasteiger partial charge on any atom is 0.255 e. The Morgan fingerprint density at radius 2 is 2.11 bits per heavy atom. The van der Waals surface area contributed by atoms with Gasteiger partial charge in [0.1, 0.15) is 0 Å². The van der Waals surface area contributed by atoms with E-state index in [2.05, 4.69) is 22.6 Å². The SMILES string of the molecule is CC(C)N(CCCCl)C(=O)c1cc(Cl)ccc1I. The number of hydrogen-bond acceptors (Lipinski definition) is 1. The van der Waals surface area contributed by atoms with E-state index in [1.54, 1.807) is 12.1 Å². The Kier molecular flexibility index (Phi) is 6.74. The molecule has 0 saturated heterocycles. The van der Waals surface area contributed by atoms with E-state index in [9.17, 15) is 4.79 Å². The van der Waals surface area contributed by atoms with E-state index in [-0.39, 0.29) is 11.9 Å². The summed E-state index contributed by atoms with van der Waals surface area (Å²) in [5.74, 6) is 0.574. The summed E-state index contributed by atoms with van der Waals surface area (Å²) in [6.45, 7) is 4.68. The fourth-order valence-corrected chi connectivity index (χ4v) is 2.50. The number of rotatable bonds is 5. The summed E-state index contributed by atoms with van der Waals surface area (Å²) in [4.78, 5) is 14.3. The second-order valence-electron chi connectivity index (χ2n) is 4.26. The molecule has 18 heavy (non-hydrogen) atoms. The third-order valence-corrected chi connectivity index (χ3v) is 4.02. The largest absolute Gasteiger partial charge is 0.336 e. The van der Waals surface area contributed by atoms with Crippen molar-refractivity contribution in [2.45, 2.75) is 26.3 Å². The molecule has 0 heterocycles. The van der Waals surface area contributed by atoms with Crippen molar-refractivity contribution in [1.29, 1.82) is 0 Å². The van der Waals surface area contributed by atoms with Crippen LogP contribution < -0.4 is 0 Å². The van der Waals surface area contributed by atoms with Crippen molar-refractivity contribution in [2.75, 3.05) is 12.4 Å². The molecule has 1 aromatic rings. The molecule has 0 radical (unpaired) electrons. The summed E-state index contributed by atoms with van der Waals surface area (Å²) in [5.41, 5.74) is 0.659. The van der Waals surface area contributed by atoms with Crippen molar-refractivity contribution >= 4 is 51.7 Å². The van der Waals surface area contributed by atoms with Gasteiger partial charge in [0.15, 0.2) is 0 Å². The zero-order chi connectivity index (χ0) is 13.7. The normalized spacial score (nSPS) is 10.8. The lowest BCUT2D eigenvalue weighted by atomic mass is 10.1. The Hall–Kier alpha value is -0.000000000000000111. The molecule has 0 N–H and O–H groups in total. The summed E-state index contributed by atoms with van der Waals surface area (Å²) in [5, 5.41) is 0.583. The van der Waals surface area contributed by atoms with E-state index in [0.29, 0.717) is 23.0 Å². The zero-order valence-corrected chi connectivity index (χ0v) is 14.1. The van der Waals surface area contributed by atoms with Gasteiger partial charge in [0.05, 0.1) is 5.56 Å². The Morgan fingerprint density at radius 3 is 2.67 bits per heavy atom. The maximum absolute atomic E-state index is 12.5. The summed E-state index contributed by atoms with van der Waals surface area (Å²) in [7, 11) is 0. The van der Waals surface area contributed by atoms with E-state index in [0.717, 1.165) is 9.99 Å². The van der Waals surface area contributed by atoms with Crippen molar-refractivity contribution in [1.82, 2.24) is 4.90 Å². The van der Waals surface area contributed by atoms with Gasteiger partial charge in [-0.05, 0) is 61.1 Å². The lowest BCUT2D eigenvalue weighted by molar-refractivity contribution is 0.0705. The van der Waals surface area contributed by atoms with Crippen LogP contribution in [0.3, 0.4) is 0 Å². The van der Waals surface area contributed by atoms with Gasteiger partial charge in [-0.25, -0.2) is 0 Å². The Balaban J connectivity index is 2.98. The van der Waals surface area contributed by atoms with Gasteiger partial charge >= 0.3 is 0 Å². The number of carbonyl (C=O) groups excluding carboxylic acids is 1. The minimum absolute atomic E-state index is 0.0158. The van der Waals surface area contributed by atoms with Gasteiger partial charge in [0.2, 0.25) is 0 Å². The molecule has 0 unspecified atom stereocenters. The molecule has 0 spiro atoms. The van der Waals surface area contributed by atoms with Crippen LogP contribution in [-0.4, -0.2) is 29.3 Å². The van der Waals surface area contributed by atoms with E-state index in [1.807, 2.05) is 24.8 Å². The predicted molar refractivity (Wildman–Crippen MR) is 85.7 cm³/mol. The van der Waals surface area contributed by atoms with Crippen LogP contribution in [0.4, 0.5) is 0 Å². The number of nitrogens with zero attached hydrogens (tertiary/aromatic N) is 1. The molecule has 1 aromatic carbocycles. The van der Waals surface area contributed by atoms with E-state index in [4.69, 9.17) is 23.2 Å². The molecule has 2 nitrogen and oxygen atoms in total. The Bertz CT molecular complexity index is 423. The molecule has 0 aromatic heterocycles. The first-order chi connectivity index (χ1) is 8.47. The minimum atomic E-state index is 0.0158. The van der Waals surface area contributed by atoms with Crippen molar-refractivity contribution in [3.8, 4) is 0 Å². The number of carbonyl (C=O) groups is 1. The maximum atomic E-state index is 12.5. The fraction of sp³-hybridized carbons (Fsp3) is 0.462. The number of benzene rings is 1. The van der Waals surface area contributed by atoms with Gasteiger partial charge in [-0.2, -0.15) is 0 Å². The topological polar surface area (TPSA) is 20.3 Å². The molecule has 0 saturated carbocycles. The second kappa shape index (κ2) is 7.56. The van der Waals surface area contributed by atoms with Crippen LogP contribution in [0.15, 0.2) is 18.2 Å². The lowest BCUT2D eigenvalue weighted by Crippen LogP contribution is -2.38. The fourth-order valence-electron chi connectivity index (χ4n) is 1.64. The highest BCUT2D eigenvalue weighted by atomic mass is 127. The van der Waals surface area contributed by atoms with Crippen molar-refractivity contribution in [3.63, 3.8) is 0 Å². The zero-order valence-electron chi connectivity index (χ0n) is 10.4. The van der Waals surface area contributed by atoms with Gasteiger partial charge < -0.3 is 4.90 Å². The molecule has 0 aliphatic carbocycles. The van der Waals surface area contributed by atoms with Crippen LogP contribution in [0.1, 0.15) is 30.6 Å². The van der Waals surface area contributed by atoms with Crippen molar-refractivity contribution in [2.24, 2.45) is 0 Å².